The van der Waals surface area contributed by atoms with Gasteiger partial charge >= 0.3 is 0 Å². The topological polar surface area (TPSA) is 61.7 Å². The van der Waals surface area contributed by atoms with Crippen LogP contribution in [0, 0.1) is 10.1 Å². The second kappa shape index (κ2) is 8.04. The first-order valence-electron chi connectivity index (χ1n) is 8.18. The first-order chi connectivity index (χ1) is 12.1. The van der Waals surface area contributed by atoms with E-state index < -0.39 is 4.92 Å². The minimum Gasteiger partial charge on any atom is -0.346 e. The Bertz CT molecular complexity index is 729. The minimum absolute atomic E-state index is 0.0750. The Morgan fingerprint density at radius 3 is 2.28 bits per heavy atom. The number of non-ortho nitro benzene ring substituents is 1. The standard InChI is InChI=1S/C18H20N4O2S/c23-22(24)17-8-6-16(7-9-17)19-18(25)21-12-10-20(11-13-21)14-15-4-2-1-3-5-15/h1-9H,10-14H2,(H,19,25). The number of nitro benzene ring substituents is 1. The maximum absolute atomic E-state index is 10.7. The molecule has 1 aliphatic heterocycles. The number of rotatable bonds is 4. The molecular weight excluding hydrogens is 336 g/mol. The molecule has 1 fully saturated rings. The van der Waals surface area contributed by atoms with Crippen molar-refractivity contribution in [2.75, 3.05) is 31.5 Å². The van der Waals surface area contributed by atoms with Crippen LogP contribution in [0.15, 0.2) is 54.6 Å². The molecule has 7 heteroatoms. The van der Waals surface area contributed by atoms with Crippen LogP contribution in [0.1, 0.15) is 5.56 Å². The highest BCUT2D eigenvalue weighted by molar-refractivity contribution is 7.80. The van der Waals surface area contributed by atoms with E-state index in [-0.39, 0.29) is 5.69 Å². The van der Waals surface area contributed by atoms with E-state index in [1.807, 2.05) is 6.07 Å². The SMILES string of the molecule is O=[N+]([O-])c1ccc(NC(=S)N2CCN(Cc3ccccc3)CC2)cc1. The Labute approximate surface area is 152 Å². The minimum atomic E-state index is -0.409. The van der Waals surface area contributed by atoms with Crippen LogP contribution in [0.2, 0.25) is 0 Å². The fourth-order valence-corrected chi connectivity index (χ4v) is 3.12. The molecule has 1 aliphatic rings. The van der Waals surface area contributed by atoms with E-state index in [2.05, 4.69) is 39.4 Å². The third-order valence-electron chi connectivity index (χ3n) is 4.24. The van der Waals surface area contributed by atoms with Crippen molar-refractivity contribution in [3.8, 4) is 0 Å². The smallest absolute Gasteiger partial charge is 0.269 e. The van der Waals surface area contributed by atoms with Gasteiger partial charge in [-0.05, 0) is 29.9 Å². The van der Waals surface area contributed by atoms with E-state index in [1.54, 1.807) is 12.1 Å². The molecule has 0 spiro atoms. The van der Waals surface area contributed by atoms with Crippen LogP contribution in [0.3, 0.4) is 0 Å². The van der Waals surface area contributed by atoms with E-state index in [1.165, 1.54) is 17.7 Å². The van der Waals surface area contributed by atoms with Gasteiger partial charge in [-0.3, -0.25) is 15.0 Å². The molecule has 0 aliphatic carbocycles. The predicted octanol–water partition coefficient (Wildman–Crippen LogP) is 3.11. The lowest BCUT2D eigenvalue weighted by atomic mass is 10.2. The highest BCUT2D eigenvalue weighted by Gasteiger charge is 2.19. The number of nitro groups is 1. The summed E-state index contributed by atoms with van der Waals surface area (Å²) in [5.41, 5.74) is 2.16. The monoisotopic (exact) mass is 356 g/mol. The Morgan fingerprint density at radius 2 is 1.68 bits per heavy atom. The van der Waals surface area contributed by atoms with Crippen LogP contribution in [0.5, 0.6) is 0 Å². The molecule has 0 atom stereocenters. The number of nitrogens with zero attached hydrogens (tertiary/aromatic N) is 3. The summed E-state index contributed by atoms with van der Waals surface area (Å²) < 4.78 is 0. The second-order valence-electron chi connectivity index (χ2n) is 5.98. The summed E-state index contributed by atoms with van der Waals surface area (Å²) in [6, 6.07) is 16.8. The van der Waals surface area contributed by atoms with Gasteiger partial charge in [-0.2, -0.15) is 0 Å². The number of piperazine rings is 1. The van der Waals surface area contributed by atoms with Crippen molar-refractivity contribution in [3.05, 3.63) is 70.3 Å². The van der Waals surface area contributed by atoms with Crippen LogP contribution in [0.4, 0.5) is 11.4 Å². The van der Waals surface area contributed by atoms with Gasteiger partial charge in [0.1, 0.15) is 0 Å². The quantitative estimate of drug-likeness (QED) is 0.516. The zero-order valence-electron chi connectivity index (χ0n) is 13.8. The molecule has 2 aromatic carbocycles. The van der Waals surface area contributed by atoms with Crippen LogP contribution in [-0.4, -0.2) is 46.0 Å². The molecule has 0 saturated carbocycles. The lowest BCUT2D eigenvalue weighted by molar-refractivity contribution is -0.384. The number of hydrogen-bond donors (Lipinski definition) is 1. The molecule has 3 rings (SSSR count). The van der Waals surface area contributed by atoms with Crippen molar-refractivity contribution in [1.29, 1.82) is 0 Å². The van der Waals surface area contributed by atoms with Crippen molar-refractivity contribution in [2.24, 2.45) is 0 Å². The normalized spacial score (nSPS) is 15.0. The number of thiocarbonyl (C=S) groups is 1. The molecule has 6 nitrogen and oxygen atoms in total. The number of nitrogens with one attached hydrogen (secondary N) is 1. The Kier molecular flexibility index (Phi) is 5.57. The van der Waals surface area contributed by atoms with Gasteiger partial charge in [-0.25, -0.2) is 0 Å². The maximum Gasteiger partial charge on any atom is 0.269 e. The van der Waals surface area contributed by atoms with Crippen molar-refractivity contribution in [3.63, 3.8) is 0 Å². The third kappa shape index (κ3) is 4.74. The Balaban J connectivity index is 1.49. The molecule has 1 heterocycles. The molecule has 25 heavy (non-hydrogen) atoms. The van der Waals surface area contributed by atoms with E-state index in [9.17, 15) is 10.1 Å². The average molecular weight is 356 g/mol. The fourth-order valence-electron chi connectivity index (χ4n) is 2.82. The van der Waals surface area contributed by atoms with Gasteiger partial charge in [0.15, 0.2) is 5.11 Å². The second-order valence-corrected chi connectivity index (χ2v) is 6.37. The van der Waals surface area contributed by atoms with Crippen molar-refractivity contribution in [2.45, 2.75) is 6.54 Å². The molecule has 130 valence electrons. The van der Waals surface area contributed by atoms with Gasteiger partial charge in [0.25, 0.3) is 5.69 Å². The van der Waals surface area contributed by atoms with Crippen molar-refractivity contribution >= 4 is 28.7 Å². The summed E-state index contributed by atoms with van der Waals surface area (Å²) in [5, 5.41) is 14.5. The van der Waals surface area contributed by atoms with Gasteiger partial charge in [-0.1, -0.05) is 30.3 Å². The summed E-state index contributed by atoms with van der Waals surface area (Å²) in [6.45, 7) is 4.60. The van der Waals surface area contributed by atoms with Crippen LogP contribution in [-0.2, 0) is 6.54 Å². The summed E-state index contributed by atoms with van der Waals surface area (Å²) in [5.74, 6) is 0. The van der Waals surface area contributed by atoms with Crippen molar-refractivity contribution < 1.29 is 4.92 Å². The van der Waals surface area contributed by atoms with Crippen LogP contribution < -0.4 is 5.32 Å². The number of anilines is 1. The summed E-state index contributed by atoms with van der Waals surface area (Å²) in [6.07, 6.45) is 0. The largest absolute Gasteiger partial charge is 0.346 e. The van der Waals surface area contributed by atoms with E-state index >= 15 is 0 Å². The molecule has 0 bridgehead atoms. The zero-order valence-corrected chi connectivity index (χ0v) is 14.6. The van der Waals surface area contributed by atoms with E-state index in [0.717, 1.165) is 38.4 Å². The van der Waals surface area contributed by atoms with Crippen LogP contribution in [0.25, 0.3) is 0 Å². The summed E-state index contributed by atoms with van der Waals surface area (Å²) in [7, 11) is 0. The summed E-state index contributed by atoms with van der Waals surface area (Å²) >= 11 is 5.47. The molecule has 0 amide bonds. The van der Waals surface area contributed by atoms with E-state index in [4.69, 9.17) is 12.2 Å². The first kappa shape index (κ1) is 17.3. The average Bonchev–Trinajstić information content (AvgIpc) is 2.63. The summed E-state index contributed by atoms with van der Waals surface area (Å²) in [4.78, 5) is 14.8. The van der Waals surface area contributed by atoms with Gasteiger partial charge < -0.3 is 10.2 Å². The van der Waals surface area contributed by atoms with E-state index in [0.29, 0.717) is 5.11 Å². The highest BCUT2D eigenvalue weighted by Crippen LogP contribution is 2.16. The highest BCUT2D eigenvalue weighted by atomic mass is 32.1. The van der Waals surface area contributed by atoms with Crippen LogP contribution >= 0.6 is 12.2 Å². The van der Waals surface area contributed by atoms with Crippen molar-refractivity contribution in [1.82, 2.24) is 9.80 Å². The first-order valence-corrected chi connectivity index (χ1v) is 8.59. The molecule has 1 N–H and O–H groups in total. The Hall–Kier alpha value is -2.51. The van der Waals surface area contributed by atoms with Gasteiger partial charge in [0.05, 0.1) is 4.92 Å². The molecule has 2 aromatic rings. The van der Waals surface area contributed by atoms with Gasteiger partial charge in [0.2, 0.25) is 0 Å². The molecule has 0 aromatic heterocycles. The maximum atomic E-state index is 10.7. The zero-order chi connectivity index (χ0) is 17.6. The molecular formula is C18H20N4O2S. The molecule has 0 radical (unpaired) electrons. The third-order valence-corrected chi connectivity index (χ3v) is 4.60. The number of hydrogen-bond acceptors (Lipinski definition) is 4. The lowest BCUT2D eigenvalue weighted by Gasteiger charge is -2.36. The Morgan fingerprint density at radius 1 is 1.04 bits per heavy atom. The van der Waals surface area contributed by atoms with Gasteiger partial charge in [0, 0.05) is 50.5 Å². The molecule has 0 unspecified atom stereocenters. The number of benzene rings is 2. The predicted molar refractivity (Wildman–Crippen MR) is 103 cm³/mol. The lowest BCUT2D eigenvalue weighted by Crippen LogP contribution is -2.49. The fraction of sp³-hybridized carbons (Fsp3) is 0.278. The molecule has 1 saturated heterocycles. The van der Waals surface area contributed by atoms with Gasteiger partial charge in [-0.15, -0.1) is 0 Å².